The van der Waals surface area contributed by atoms with Crippen LogP contribution in [-0.4, -0.2) is 79.6 Å². The van der Waals surface area contributed by atoms with E-state index in [1.165, 1.54) is 21.5 Å². The van der Waals surface area contributed by atoms with Gasteiger partial charge >= 0.3 is 11.4 Å². The predicted octanol–water partition coefficient (Wildman–Crippen LogP) is -0.778. The van der Waals surface area contributed by atoms with Crippen molar-refractivity contribution in [3.63, 3.8) is 0 Å². The Bertz CT molecular complexity index is 1590. The zero-order chi connectivity index (χ0) is 29.7. The first kappa shape index (κ1) is 29.2. The van der Waals surface area contributed by atoms with Gasteiger partial charge in [0.1, 0.15) is 42.2 Å². The molecule has 8 atom stereocenters. The Morgan fingerprint density at radius 2 is 1.41 bits per heavy atom. The number of aliphatic hydroxyl groups excluding tert-OH is 1. The van der Waals surface area contributed by atoms with Crippen molar-refractivity contribution in [3.05, 3.63) is 65.2 Å². The van der Waals surface area contributed by atoms with Gasteiger partial charge in [-0.3, -0.25) is 28.7 Å². The van der Waals surface area contributed by atoms with Gasteiger partial charge in [0.05, 0.1) is 13.2 Å². The number of aryl methyl sites for hydroxylation is 2. The van der Waals surface area contributed by atoms with Crippen LogP contribution in [0.15, 0.2) is 31.6 Å². The first-order valence-corrected chi connectivity index (χ1v) is 13.5. The molecule has 0 saturated carbocycles. The summed E-state index contributed by atoms with van der Waals surface area (Å²) in [6, 6.07) is 0. The molecule has 2 unspecified atom stereocenters. The SMILES string of the molecule is C#CCO[C@@H]1C2OC[C@]1(CC)O[C@H]2n1cc(C)c(=O)[nH]c1=O.CC[C@@]12COC([C@H](n3cc(C)c(=O)[nH]c3=O)O1)[C@H]2O. The second-order valence-corrected chi connectivity index (χ2v) is 10.7. The fourth-order valence-electron chi connectivity index (χ4n) is 5.86. The molecule has 3 N–H and O–H groups in total. The lowest BCUT2D eigenvalue weighted by atomic mass is 9.96. The summed E-state index contributed by atoms with van der Waals surface area (Å²) in [4.78, 5) is 51.3. The van der Waals surface area contributed by atoms with E-state index in [2.05, 4.69) is 15.9 Å². The number of aromatic nitrogens is 4. The molecule has 2 aromatic rings. The molecule has 4 saturated heterocycles. The summed E-state index contributed by atoms with van der Waals surface area (Å²) in [7, 11) is 0. The average Bonchev–Trinajstić information content (AvgIpc) is 3.66. The van der Waals surface area contributed by atoms with E-state index in [-0.39, 0.29) is 12.7 Å². The molecule has 0 radical (unpaired) electrons. The third kappa shape index (κ3) is 4.72. The van der Waals surface area contributed by atoms with Crippen molar-refractivity contribution in [2.24, 2.45) is 0 Å². The first-order valence-electron chi connectivity index (χ1n) is 13.5. The van der Waals surface area contributed by atoms with E-state index < -0.39 is 64.5 Å². The molecule has 6 heterocycles. The van der Waals surface area contributed by atoms with Crippen LogP contribution in [0.1, 0.15) is 50.3 Å². The number of H-pyrrole nitrogens is 2. The van der Waals surface area contributed by atoms with Crippen LogP contribution in [0.5, 0.6) is 0 Å². The lowest BCUT2D eigenvalue weighted by molar-refractivity contribution is -0.176. The third-order valence-electron chi connectivity index (χ3n) is 8.36. The second-order valence-electron chi connectivity index (χ2n) is 10.7. The number of aromatic amines is 2. The van der Waals surface area contributed by atoms with Gasteiger partial charge in [0.25, 0.3) is 11.1 Å². The maximum absolute atomic E-state index is 12.1. The number of hydrogen-bond acceptors (Lipinski definition) is 10. The topological polar surface area (TPSA) is 176 Å². The van der Waals surface area contributed by atoms with Gasteiger partial charge in [-0.25, -0.2) is 9.59 Å². The van der Waals surface area contributed by atoms with E-state index in [9.17, 15) is 24.3 Å². The highest BCUT2D eigenvalue weighted by molar-refractivity contribution is 5.11. The molecular formula is C27H34N4O10. The number of aliphatic hydroxyl groups is 1. The minimum atomic E-state index is -0.762. The first-order chi connectivity index (χ1) is 19.5. The van der Waals surface area contributed by atoms with E-state index in [1.54, 1.807) is 13.8 Å². The number of nitrogens with one attached hydrogen (secondary N) is 2. The lowest BCUT2D eigenvalue weighted by Gasteiger charge is -2.30. The van der Waals surface area contributed by atoms with Crippen LogP contribution >= 0.6 is 0 Å². The van der Waals surface area contributed by atoms with Crippen molar-refractivity contribution < 1.29 is 28.8 Å². The molecule has 4 aliphatic rings. The number of fused-ring (bicyclic) bond motifs is 4. The van der Waals surface area contributed by atoms with Gasteiger partial charge in [-0.05, 0) is 26.7 Å². The van der Waals surface area contributed by atoms with E-state index in [0.717, 1.165) is 0 Å². The number of nitrogens with zero attached hydrogens (tertiary/aromatic N) is 2. The van der Waals surface area contributed by atoms with Crippen LogP contribution in [0.3, 0.4) is 0 Å². The van der Waals surface area contributed by atoms with Gasteiger partial charge in [0.15, 0.2) is 12.5 Å². The molecule has 4 fully saturated rings. The molecule has 4 bridgehead atoms. The second kappa shape index (κ2) is 10.8. The summed E-state index contributed by atoms with van der Waals surface area (Å²) in [5, 5.41) is 10.2. The van der Waals surface area contributed by atoms with Crippen LogP contribution in [-0.2, 0) is 23.7 Å². The van der Waals surface area contributed by atoms with Gasteiger partial charge < -0.3 is 28.8 Å². The summed E-state index contributed by atoms with van der Waals surface area (Å²) < 4.78 is 31.6. The Morgan fingerprint density at radius 1 is 0.927 bits per heavy atom. The zero-order valence-electron chi connectivity index (χ0n) is 23.2. The molecule has 0 spiro atoms. The van der Waals surface area contributed by atoms with Crippen LogP contribution in [0.4, 0.5) is 0 Å². The van der Waals surface area contributed by atoms with Crippen LogP contribution in [0, 0.1) is 26.2 Å². The quantitative estimate of drug-likeness (QED) is 0.371. The van der Waals surface area contributed by atoms with Crippen molar-refractivity contribution >= 4 is 0 Å². The lowest BCUT2D eigenvalue weighted by Crippen LogP contribution is -2.42. The van der Waals surface area contributed by atoms with E-state index in [4.69, 9.17) is 30.1 Å². The molecule has 0 aromatic carbocycles. The molecule has 222 valence electrons. The normalized spacial score (nSPS) is 34.8. The average molecular weight is 575 g/mol. The maximum Gasteiger partial charge on any atom is 0.330 e. The Morgan fingerprint density at radius 3 is 1.93 bits per heavy atom. The van der Waals surface area contributed by atoms with Crippen LogP contribution in [0.2, 0.25) is 0 Å². The van der Waals surface area contributed by atoms with E-state index in [1.807, 2.05) is 13.8 Å². The number of terminal acetylenes is 1. The Balaban J connectivity index is 0.000000166. The minimum absolute atomic E-state index is 0.155. The van der Waals surface area contributed by atoms with E-state index >= 15 is 0 Å². The predicted molar refractivity (Wildman–Crippen MR) is 142 cm³/mol. The number of ether oxygens (including phenoxy) is 5. The van der Waals surface area contributed by atoms with Crippen molar-refractivity contribution in [1.82, 2.24) is 19.1 Å². The third-order valence-corrected chi connectivity index (χ3v) is 8.36. The number of hydrogen-bond donors (Lipinski definition) is 3. The van der Waals surface area contributed by atoms with Crippen molar-refractivity contribution in [2.45, 2.75) is 88.6 Å². The van der Waals surface area contributed by atoms with Gasteiger partial charge in [-0.15, -0.1) is 6.42 Å². The highest BCUT2D eigenvalue weighted by Gasteiger charge is 2.62. The standard InChI is InChI=1S/C15H18N2O5.C12H16N2O5/c1-4-6-20-11-10-13(22-15(11,5-2)8-21-10)17-7-9(3)12(18)16-14(17)19;1-3-12-5-18-7(8(12)15)10(19-12)14-4-6(2)9(16)13-11(14)17/h1,7,10-11,13H,5-6,8H2,2-3H3,(H,16,18,19);4,7-8,10,15H,3,5H2,1-2H3,(H,13,16,17)/t10?,11-,13-,15+;7?,8-,10-,12+/m11/s1. The van der Waals surface area contributed by atoms with Gasteiger partial charge in [-0.2, -0.15) is 0 Å². The molecule has 0 aliphatic carbocycles. The molecule has 6 rings (SSSR count). The van der Waals surface area contributed by atoms with Gasteiger partial charge in [0.2, 0.25) is 0 Å². The Labute approximate surface area is 234 Å². The summed E-state index contributed by atoms with van der Waals surface area (Å²) in [5.74, 6) is 2.44. The van der Waals surface area contributed by atoms with Gasteiger partial charge in [-0.1, -0.05) is 19.8 Å². The fourth-order valence-corrected chi connectivity index (χ4v) is 5.86. The van der Waals surface area contributed by atoms with Crippen LogP contribution in [0.25, 0.3) is 0 Å². The summed E-state index contributed by atoms with van der Waals surface area (Å²) >= 11 is 0. The van der Waals surface area contributed by atoms with Crippen LogP contribution < -0.4 is 22.5 Å². The Kier molecular flexibility index (Phi) is 7.70. The Hall–Kier alpha value is -3.32. The summed E-state index contributed by atoms with van der Waals surface area (Å²) in [6.07, 6.45) is 5.99. The molecule has 14 heteroatoms. The number of rotatable bonds is 6. The highest BCUT2D eigenvalue weighted by Crippen LogP contribution is 2.48. The monoisotopic (exact) mass is 574 g/mol. The molecular weight excluding hydrogens is 540 g/mol. The van der Waals surface area contributed by atoms with Gasteiger partial charge in [0, 0.05) is 23.5 Å². The molecule has 2 aromatic heterocycles. The smallest absolute Gasteiger partial charge is 0.330 e. The fraction of sp³-hybridized carbons (Fsp3) is 0.630. The molecule has 14 nitrogen and oxygen atoms in total. The summed E-state index contributed by atoms with van der Waals surface area (Å²) in [5.41, 5.74) is -2.45. The van der Waals surface area contributed by atoms with E-state index in [0.29, 0.717) is 37.2 Å². The zero-order valence-corrected chi connectivity index (χ0v) is 23.2. The van der Waals surface area contributed by atoms with Crippen molar-refractivity contribution in [1.29, 1.82) is 0 Å². The summed E-state index contributed by atoms with van der Waals surface area (Å²) in [6.45, 7) is 7.99. The largest absolute Gasteiger partial charge is 0.387 e. The maximum atomic E-state index is 12.1. The minimum Gasteiger partial charge on any atom is -0.387 e. The molecule has 4 aliphatic heterocycles. The van der Waals surface area contributed by atoms with Crippen molar-refractivity contribution in [2.75, 3.05) is 19.8 Å². The van der Waals surface area contributed by atoms with Crippen molar-refractivity contribution in [3.8, 4) is 12.3 Å². The molecule has 41 heavy (non-hydrogen) atoms. The molecule has 0 amide bonds. The highest BCUT2D eigenvalue weighted by atomic mass is 16.7.